The van der Waals surface area contributed by atoms with Crippen molar-refractivity contribution in [3.63, 3.8) is 0 Å². The van der Waals surface area contributed by atoms with Crippen LogP contribution in [-0.4, -0.2) is 35.6 Å². The third-order valence-corrected chi connectivity index (χ3v) is 8.80. The average molecular weight is 516 g/mol. The first-order chi connectivity index (χ1) is 16.4. The van der Waals surface area contributed by atoms with Gasteiger partial charge in [-0.15, -0.1) is 0 Å². The topological polar surface area (TPSA) is 50.9 Å². The standard InChI is InChI=1S/C29H34AsN3O/c1-29(2,3)24-8-10-25(11-9-24)33-26(21-28(32-33)23-15-19-31-20-16-23)5-4-17-30-18-14-22-6-12-27(34)13-7-22/h6-13,15-16,19-21,30,34H,4-5,14,17-18H2,1-3H3. The molecule has 0 radical (unpaired) electrons. The molecule has 1 N–H and O–H groups in total. The Balaban J connectivity index is 1.42. The Morgan fingerprint density at radius 3 is 2.24 bits per heavy atom. The zero-order valence-corrected chi connectivity index (χ0v) is 22.4. The number of aryl methyl sites for hydroxylation is 2. The van der Waals surface area contributed by atoms with Crippen LogP contribution in [0, 0.1) is 0 Å². The van der Waals surface area contributed by atoms with Gasteiger partial charge >= 0.3 is 210 Å². The molecule has 2 aromatic heterocycles. The Morgan fingerprint density at radius 2 is 1.56 bits per heavy atom. The Kier molecular flexibility index (Phi) is 7.90. The van der Waals surface area contributed by atoms with Crippen molar-refractivity contribution in [3.8, 4) is 22.7 Å². The first-order valence-corrected chi connectivity index (χ1v) is 15.0. The van der Waals surface area contributed by atoms with Crippen molar-refractivity contribution in [3.05, 3.63) is 95.9 Å². The molecule has 0 fully saturated rings. The van der Waals surface area contributed by atoms with E-state index in [9.17, 15) is 5.11 Å². The van der Waals surface area contributed by atoms with Crippen molar-refractivity contribution in [2.24, 2.45) is 0 Å². The normalized spacial score (nSPS) is 12.0. The molecule has 4 nitrogen and oxygen atoms in total. The molecule has 0 amide bonds. The summed E-state index contributed by atoms with van der Waals surface area (Å²) in [6.45, 7) is 6.73. The molecular formula is C29H34AsN3O. The summed E-state index contributed by atoms with van der Waals surface area (Å²) in [6.07, 6.45) is 6.99. The molecule has 0 aliphatic heterocycles. The van der Waals surface area contributed by atoms with Crippen LogP contribution in [0.5, 0.6) is 5.75 Å². The molecule has 2 heterocycles. The maximum atomic E-state index is 9.43. The molecule has 0 spiro atoms. The number of benzene rings is 2. The second-order valence-electron chi connectivity index (χ2n) is 9.74. The van der Waals surface area contributed by atoms with Crippen molar-refractivity contribution in [1.29, 1.82) is 0 Å². The van der Waals surface area contributed by atoms with Crippen LogP contribution < -0.4 is 0 Å². The summed E-state index contributed by atoms with van der Waals surface area (Å²) in [5.41, 5.74) is 7.27. The number of phenols is 1. The SMILES string of the molecule is CC(C)(C)c1ccc(-n2nc(-c3ccncc3)cc2CCC[AsH]CCc2ccc(O)cc2)cc1. The maximum absolute atomic E-state index is 9.43. The molecule has 0 bridgehead atoms. The number of aromatic nitrogens is 3. The summed E-state index contributed by atoms with van der Waals surface area (Å²) in [5, 5.41) is 17.0. The molecule has 0 saturated carbocycles. The molecule has 4 aromatic rings. The van der Waals surface area contributed by atoms with Gasteiger partial charge in [0.15, 0.2) is 0 Å². The van der Waals surface area contributed by atoms with Crippen LogP contribution in [0.1, 0.15) is 44.0 Å². The van der Waals surface area contributed by atoms with E-state index in [0.717, 1.165) is 29.8 Å². The van der Waals surface area contributed by atoms with Crippen LogP contribution in [0.15, 0.2) is 79.1 Å². The van der Waals surface area contributed by atoms with Crippen molar-refractivity contribution in [2.45, 2.75) is 55.9 Å². The number of phenolic OH excluding ortho intramolecular Hbond substituents is 1. The molecule has 34 heavy (non-hydrogen) atoms. The zero-order valence-electron chi connectivity index (χ0n) is 20.3. The van der Waals surface area contributed by atoms with Crippen LogP contribution in [0.4, 0.5) is 0 Å². The van der Waals surface area contributed by atoms with E-state index in [-0.39, 0.29) is 21.2 Å². The number of aromatic hydroxyl groups is 1. The van der Waals surface area contributed by atoms with Crippen LogP contribution in [0.3, 0.4) is 0 Å². The van der Waals surface area contributed by atoms with Crippen molar-refractivity contribution in [2.75, 3.05) is 0 Å². The summed E-state index contributed by atoms with van der Waals surface area (Å²) in [4.78, 5) is 4.15. The number of rotatable bonds is 9. The van der Waals surface area contributed by atoms with Crippen LogP contribution in [0.25, 0.3) is 16.9 Å². The van der Waals surface area contributed by atoms with Gasteiger partial charge in [0.05, 0.1) is 0 Å². The van der Waals surface area contributed by atoms with Gasteiger partial charge in [-0.1, -0.05) is 0 Å². The molecule has 4 rings (SSSR count). The third kappa shape index (κ3) is 6.39. The molecule has 5 heteroatoms. The average Bonchev–Trinajstić information content (AvgIpc) is 3.27. The molecule has 0 aliphatic carbocycles. The molecule has 0 saturated heterocycles. The summed E-state index contributed by atoms with van der Waals surface area (Å²) in [5.74, 6) is 0.343. The zero-order chi connectivity index (χ0) is 24.0. The number of hydrogen-bond acceptors (Lipinski definition) is 3. The summed E-state index contributed by atoms with van der Waals surface area (Å²) < 4.78 is 2.12. The van der Waals surface area contributed by atoms with E-state index in [0.29, 0.717) is 5.75 Å². The van der Waals surface area contributed by atoms with Crippen LogP contribution in [0.2, 0.25) is 10.4 Å². The molecular weight excluding hydrogens is 481 g/mol. The molecule has 2 aromatic carbocycles. The van der Waals surface area contributed by atoms with Crippen molar-refractivity contribution >= 4 is 15.8 Å². The fourth-order valence-corrected chi connectivity index (χ4v) is 6.40. The second-order valence-corrected chi connectivity index (χ2v) is 12.9. The first-order valence-electron chi connectivity index (χ1n) is 12.0. The van der Waals surface area contributed by atoms with Gasteiger partial charge in [0.1, 0.15) is 0 Å². The Morgan fingerprint density at radius 1 is 0.853 bits per heavy atom. The minimum absolute atomic E-state index is 0.0313. The van der Waals surface area contributed by atoms with Crippen LogP contribution >= 0.6 is 0 Å². The van der Waals surface area contributed by atoms with Crippen molar-refractivity contribution in [1.82, 2.24) is 14.8 Å². The van der Waals surface area contributed by atoms with Crippen LogP contribution in [-0.2, 0) is 18.3 Å². The van der Waals surface area contributed by atoms with Gasteiger partial charge in [-0.3, -0.25) is 0 Å². The van der Waals surface area contributed by atoms with E-state index in [4.69, 9.17) is 5.10 Å². The molecule has 1 unspecified atom stereocenters. The quantitative estimate of drug-likeness (QED) is 0.208. The molecule has 176 valence electrons. The van der Waals surface area contributed by atoms with Gasteiger partial charge in [-0.2, -0.15) is 0 Å². The van der Waals surface area contributed by atoms with E-state index in [1.54, 1.807) is 12.1 Å². The van der Waals surface area contributed by atoms with Gasteiger partial charge in [0.25, 0.3) is 0 Å². The van der Waals surface area contributed by atoms with E-state index < -0.39 is 0 Å². The van der Waals surface area contributed by atoms with Crippen molar-refractivity contribution < 1.29 is 5.11 Å². The van der Waals surface area contributed by atoms with E-state index in [1.165, 1.54) is 33.7 Å². The van der Waals surface area contributed by atoms with E-state index in [2.05, 4.69) is 60.8 Å². The van der Waals surface area contributed by atoms with Gasteiger partial charge in [-0.25, -0.2) is 0 Å². The Bertz CT molecular complexity index is 1180. The van der Waals surface area contributed by atoms with E-state index in [1.807, 2.05) is 36.7 Å². The Hall–Kier alpha value is -2.84. The third-order valence-electron chi connectivity index (χ3n) is 6.05. The predicted molar refractivity (Wildman–Crippen MR) is 142 cm³/mol. The summed E-state index contributed by atoms with van der Waals surface area (Å²) in [6, 6.07) is 22.8. The Labute approximate surface area is 209 Å². The molecule has 1 atom stereocenters. The summed E-state index contributed by atoms with van der Waals surface area (Å²) in [7, 11) is 0. The predicted octanol–water partition coefficient (Wildman–Crippen LogP) is 6.39. The van der Waals surface area contributed by atoms with E-state index >= 15 is 0 Å². The fraction of sp³-hybridized carbons (Fsp3) is 0.310. The molecule has 0 aliphatic rings. The van der Waals surface area contributed by atoms with Gasteiger partial charge in [0, 0.05) is 0 Å². The number of pyridine rings is 1. The van der Waals surface area contributed by atoms with Gasteiger partial charge < -0.3 is 0 Å². The fourth-order valence-electron chi connectivity index (χ4n) is 4.00. The van der Waals surface area contributed by atoms with Gasteiger partial charge in [-0.05, 0) is 0 Å². The first kappa shape index (κ1) is 24.3. The summed E-state index contributed by atoms with van der Waals surface area (Å²) >= 11 is 0.0313. The van der Waals surface area contributed by atoms with Gasteiger partial charge in [0.2, 0.25) is 0 Å². The minimum atomic E-state index is 0.0313. The second kappa shape index (κ2) is 11.1. The number of nitrogens with zero attached hydrogens (tertiary/aromatic N) is 3. The number of hydrogen-bond donors (Lipinski definition) is 1. The monoisotopic (exact) mass is 515 g/mol.